The second-order valence-corrected chi connectivity index (χ2v) is 6.78. The molecule has 0 aliphatic rings. The van der Waals surface area contributed by atoms with Crippen LogP contribution in [0.2, 0.25) is 0 Å². The van der Waals surface area contributed by atoms with Crippen LogP contribution in [-0.2, 0) is 4.79 Å². The van der Waals surface area contributed by atoms with Gasteiger partial charge in [0.2, 0.25) is 5.91 Å². The van der Waals surface area contributed by atoms with Gasteiger partial charge in [-0.3, -0.25) is 4.79 Å². The predicted octanol–water partition coefficient (Wildman–Crippen LogP) is 2.63. The molecule has 0 atom stereocenters. The molecule has 154 valence electrons. The molecule has 0 saturated heterocycles. The van der Waals surface area contributed by atoms with E-state index in [2.05, 4.69) is 16.0 Å². The highest BCUT2D eigenvalue weighted by Crippen LogP contribution is 2.21. The van der Waals surface area contributed by atoms with Gasteiger partial charge in [-0.15, -0.1) is 0 Å². The van der Waals surface area contributed by atoms with Crippen LogP contribution < -0.4 is 27.4 Å². The van der Waals surface area contributed by atoms with Crippen LogP contribution in [0, 0.1) is 0 Å². The fraction of sp³-hybridized carbons (Fsp3) is 0.130. The molecule has 3 aromatic carbocycles. The van der Waals surface area contributed by atoms with Crippen molar-refractivity contribution in [3.05, 3.63) is 102 Å². The first-order valence-corrected chi connectivity index (χ1v) is 9.58. The van der Waals surface area contributed by atoms with E-state index in [4.69, 9.17) is 11.5 Å². The zero-order chi connectivity index (χ0) is 21.3. The number of nitrogens with two attached hydrogens (primary N) is 2. The summed E-state index contributed by atoms with van der Waals surface area (Å²) in [6.07, 6.45) is -0.571. The Hall–Kier alpha value is -3.68. The quantitative estimate of drug-likeness (QED) is 0.389. The van der Waals surface area contributed by atoms with Crippen molar-refractivity contribution in [2.75, 3.05) is 11.9 Å². The normalized spacial score (nSPS) is 10.7. The Kier molecular flexibility index (Phi) is 7.15. The van der Waals surface area contributed by atoms with E-state index in [1.807, 2.05) is 60.7 Å². The average molecular weight is 403 g/mol. The van der Waals surface area contributed by atoms with Crippen LogP contribution >= 0.6 is 0 Å². The third-order valence-corrected chi connectivity index (χ3v) is 4.53. The number of carbonyl (C=O) groups is 2. The lowest BCUT2D eigenvalue weighted by Crippen LogP contribution is -2.40. The number of amides is 3. The van der Waals surface area contributed by atoms with Crippen molar-refractivity contribution in [1.82, 2.24) is 10.6 Å². The SMILES string of the molecule is NC(N)c1ccc(NC(=O)NCC(=O)NC(c2ccccc2)c2ccccc2)cc1. The lowest BCUT2D eigenvalue weighted by atomic mass is 9.99. The zero-order valence-corrected chi connectivity index (χ0v) is 16.4. The molecule has 7 heteroatoms. The summed E-state index contributed by atoms with van der Waals surface area (Å²) in [4.78, 5) is 24.6. The Balaban J connectivity index is 1.57. The molecule has 0 heterocycles. The van der Waals surface area contributed by atoms with Gasteiger partial charge < -0.3 is 27.4 Å². The summed E-state index contributed by atoms with van der Waals surface area (Å²) >= 11 is 0. The summed E-state index contributed by atoms with van der Waals surface area (Å²) in [5, 5.41) is 8.21. The van der Waals surface area contributed by atoms with Gasteiger partial charge in [0.15, 0.2) is 0 Å². The minimum absolute atomic E-state index is 0.159. The largest absolute Gasteiger partial charge is 0.344 e. The molecule has 0 fully saturated rings. The molecule has 3 rings (SSSR count). The highest BCUT2D eigenvalue weighted by molar-refractivity contribution is 5.92. The number of anilines is 1. The van der Waals surface area contributed by atoms with E-state index < -0.39 is 12.2 Å². The van der Waals surface area contributed by atoms with Gasteiger partial charge in [-0.25, -0.2) is 4.79 Å². The maximum Gasteiger partial charge on any atom is 0.319 e. The first-order valence-electron chi connectivity index (χ1n) is 9.58. The number of rotatable bonds is 7. The highest BCUT2D eigenvalue weighted by atomic mass is 16.2. The molecule has 7 nitrogen and oxygen atoms in total. The van der Waals surface area contributed by atoms with E-state index >= 15 is 0 Å². The van der Waals surface area contributed by atoms with Gasteiger partial charge in [0.05, 0.1) is 18.8 Å². The Morgan fingerprint density at radius 2 is 1.27 bits per heavy atom. The van der Waals surface area contributed by atoms with Crippen LogP contribution in [0.25, 0.3) is 0 Å². The van der Waals surface area contributed by atoms with Gasteiger partial charge >= 0.3 is 6.03 Å². The third-order valence-electron chi connectivity index (χ3n) is 4.53. The molecule has 0 aliphatic heterocycles. The molecule has 30 heavy (non-hydrogen) atoms. The maximum atomic E-state index is 12.5. The number of hydrogen-bond donors (Lipinski definition) is 5. The molecule has 0 radical (unpaired) electrons. The molecule has 3 amide bonds. The van der Waals surface area contributed by atoms with Crippen LogP contribution in [0.1, 0.15) is 28.9 Å². The highest BCUT2D eigenvalue weighted by Gasteiger charge is 2.17. The number of nitrogens with one attached hydrogen (secondary N) is 3. The molecular weight excluding hydrogens is 378 g/mol. The van der Waals surface area contributed by atoms with Crippen molar-refractivity contribution in [2.24, 2.45) is 11.5 Å². The van der Waals surface area contributed by atoms with E-state index in [0.717, 1.165) is 16.7 Å². The predicted molar refractivity (Wildman–Crippen MR) is 117 cm³/mol. The summed E-state index contributed by atoms with van der Waals surface area (Å²) in [5.74, 6) is -0.299. The van der Waals surface area contributed by atoms with Crippen molar-refractivity contribution < 1.29 is 9.59 Å². The number of carbonyl (C=O) groups excluding carboxylic acids is 2. The number of urea groups is 1. The molecule has 3 aromatic rings. The van der Waals surface area contributed by atoms with Gasteiger partial charge in [0, 0.05) is 5.69 Å². The van der Waals surface area contributed by atoms with Crippen molar-refractivity contribution in [3.63, 3.8) is 0 Å². The third kappa shape index (κ3) is 5.91. The van der Waals surface area contributed by atoms with Crippen LogP contribution in [0.5, 0.6) is 0 Å². The Labute approximate surface area is 175 Å². The molecule has 0 saturated carbocycles. The Morgan fingerprint density at radius 3 is 1.77 bits per heavy atom. The van der Waals surface area contributed by atoms with Gasteiger partial charge in [0.1, 0.15) is 0 Å². The van der Waals surface area contributed by atoms with Crippen LogP contribution in [0.4, 0.5) is 10.5 Å². The zero-order valence-electron chi connectivity index (χ0n) is 16.4. The molecule has 0 bridgehead atoms. The smallest absolute Gasteiger partial charge is 0.319 e. The Bertz CT molecular complexity index is 920. The van der Waals surface area contributed by atoms with E-state index in [0.29, 0.717) is 5.69 Å². The lowest BCUT2D eigenvalue weighted by molar-refractivity contribution is -0.120. The van der Waals surface area contributed by atoms with Crippen LogP contribution in [0.15, 0.2) is 84.9 Å². The monoisotopic (exact) mass is 403 g/mol. The first-order chi connectivity index (χ1) is 14.5. The summed E-state index contributed by atoms with van der Waals surface area (Å²) < 4.78 is 0. The average Bonchev–Trinajstić information content (AvgIpc) is 2.77. The molecule has 7 N–H and O–H groups in total. The van der Waals surface area contributed by atoms with E-state index in [1.165, 1.54) is 0 Å². The van der Waals surface area contributed by atoms with E-state index in [-0.39, 0.29) is 18.5 Å². The number of hydrogen-bond acceptors (Lipinski definition) is 4. The first kappa shape index (κ1) is 21.0. The topological polar surface area (TPSA) is 122 Å². The van der Waals surface area contributed by atoms with E-state index in [9.17, 15) is 9.59 Å². The standard InChI is InChI=1S/C23H25N5O2/c24-22(25)18-11-13-19(14-12-18)27-23(30)26-15-20(29)28-21(16-7-3-1-4-8-16)17-9-5-2-6-10-17/h1-14,21-22H,15,24-25H2,(H,28,29)(H2,26,27,30). The van der Waals surface area contributed by atoms with E-state index in [1.54, 1.807) is 24.3 Å². The lowest BCUT2D eigenvalue weighted by Gasteiger charge is -2.20. The summed E-state index contributed by atoms with van der Waals surface area (Å²) in [6.45, 7) is -0.159. The second kappa shape index (κ2) is 10.2. The van der Waals surface area contributed by atoms with Crippen LogP contribution in [-0.4, -0.2) is 18.5 Å². The van der Waals surface area contributed by atoms with Crippen molar-refractivity contribution in [2.45, 2.75) is 12.2 Å². The summed E-state index contributed by atoms with van der Waals surface area (Å²) in [5.41, 5.74) is 14.5. The maximum absolute atomic E-state index is 12.5. The number of benzene rings is 3. The van der Waals surface area contributed by atoms with Crippen molar-refractivity contribution >= 4 is 17.6 Å². The minimum atomic E-state index is -0.571. The summed E-state index contributed by atoms with van der Waals surface area (Å²) in [7, 11) is 0. The van der Waals surface area contributed by atoms with Gasteiger partial charge in [0.25, 0.3) is 0 Å². The minimum Gasteiger partial charge on any atom is -0.344 e. The second-order valence-electron chi connectivity index (χ2n) is 6.78. The fourth-order valence-electron chi connectivity index (χ4n) is 2.99. The van der Waals surface area contributed by atoms with Gasteiger partial charge in [-0.05, 0) is 28.8 Å². The molecule has 0 unspecified atom stereocenters. The summed E-state index contributed by atoms with van der Waals surface area (Å²) in [6, 6.07) is 25.4. The molecule has 0 spiro atoms. The van der Waals surface area contributed by atoms with Gasteiger partial charge in [-0.1, -0.05) is 72.8 Å². The fourth-order valence-corrected chi connectivity index (χ4v) is 2.99. The molecule has 0 aliphatic carbocycles. The molecular formula is C23H25N5O2. The van der Waals surface area contributed by atoms with Crippen molar-refractivity contribution in [1.29, 1.82) is 0 Å². The van der Waals surface area contributed by atoms with Gasteiger partial charge in [-0.2, -0.15) is 0 Å². The van der Waals surface area contributed by atoms with Crippen LogP contribution in [0.3, 0.4) is 0 Å². The van der Waals surface area contributed by atoms with Crippen molar-refractivity contribution in [3.8, 4) is 0 Å². The molecule has 0 aromatic heterocycles. The Morgan fingerprint density at radius 1 is 0.733 bits per heavy atom.